The highest BCUT2D eigenvalue weighted by atomic mass is 35.5. The molecule has 21 heavy (non-hydrogen) atoms. The van der Waals surface area contributed by atoms with Crippen molar-refractivity contribution in [2.45, 2.75) is 46.5 Å². The van der Waals surface area contributed by atoms with Gasteiger partial charge in [0.15, 0.2) is 0 Å². The molecule has 1 aromatic heterocycles. The molecule has 1 heterocycles. The Morgan fingerprint density at radius 3 is 2.57 bits per heavy atom. The van der Waals surface area contributed by atoms with Crippen molar-refractivity contribution >= 4 is 34.0 Å². The van der Waals surface area contributed by atoms with Crippen LogP contribution in [0.15, 0.2) is 29.4 Å². The molecule has 4 heteroatoms. The quantitative estimate of drug-likeness (QED) is 0.560. The second kappa shape index (κ2) is 7.41. The van der Waals surface area contributed by atoms with Crippen molar-refractivity contribution in [3.8, 4) is 0 Å². The van der Waals surface area contributed by atoms with E-state index in [1.165, 1.54) is 5.71 Å². The number of hydrogen-bond acceptors (Lipinski definition) is 3. The van der Waals surface area contributed by atoms with Gasteiger partial charge in [-0.2, -0.15) is 5.10 Å². The molecule has 0 radical (unpaired) electrons. The van der Waals surface area contributed by atoms with Crippen LogP contribution >= 0.6 is 11.6 Å². The average Bonchev–Trinajstić information content (AvgIpc) is 2.46. The van der Waals surface area contributed by atoms with E-state index < -0.39 is 0 Å². The number of pyridine rings is 1. The molecule has 1 N–H and O–H groups in total. The van der Waals surface area contributed by atoms with Crippen LogP contribution < -0.4 is 5.43 Å². The van der Waals surface area contributed by atoms with Crippen LogP contribution in [0.3, 0.4) is 0 Å². The van der Waals surface area contributed by atoms with E-state index >= 15 is 0 Å². The Morgan fingerprint density at radius 1 is 1.19 bits per heavy atom. The van der Waals surface area contributed by atoms with E-state index in [1.54, 1.807) is 0 Å². The van der Waals surface area contributed by atoms with E-state index in [0.717, 1.165) is 53.0 Å². The first kappa shape index (κ1) is 15.8. The molecule has 0 saturated carbocycles. The van der Waals surface area contributed by atoms with Gasteiger partial charge in [0.25, 0.3) is 0 Å². The molecule has 112 valence electrons. The predicted molar refractivity (Wildman–Crippen MR) is 92.4 cm³/mol. The molecule has 3 nitrogen and oxygen atoms in total. The highest BCUT2D eigenvalue weighted by Gasteiger charge is 2.04. The summed E-state index contributed by atoms with van der Waals surface area (Å²) >= 11 is 6.04. The zero-order valence-corrected chi connectivity index (χ0v) is 13.7. The Labute approximate surface area is 131 Å². The zero-order valence-electron chi connectivity index (χ0n) is 12.9. The van der Waals surface area contributed by atoms with E-state index in [-0.39, 0.29) is 0 Å². The summed E-state index contributed by atoms with van der Waals surface area (Å²) in [6, 6.07) is 7.77. The third-order valence-corrected chi connectivity index (χ3v) is 3.62. The summed E-state index contributed by atoms with van der Waals surface area (Å²) in [4.78, 5) is 4.59. The second-order valence-corrected chi connectivity index (χ2v) is 5.71. The van der Waals surface area contributed by atoms with Crippen molar-refractivity contribution in [3.63, 3.8) is 0 Å². The Morgan fingerprint density at radius 2 is 1.90 bits per heavy atom. The molecule has 0 bridgehead atoms. The van der Waals surface area contributed by atoms with Crippen LogP contribution in [0.2, 0.25) is 5.02 Å². The molecule has 2 rings (SSSR count). The van der Waals surface area contributed by atoms with Crippen LogP contribution in [0.4, 0.5) is 5.82 Å². The third-order valence-electron chi connectivity index (χ3n) is 3.38. The standard InChI is InChI=1S/C17H22ClN3/c1-4-6-14(7-5-2)20-21-17-10-12(3)15-11-13(18)8-9-16(15)19-17/h8-11H,4-7H2,1-3H3,(H,19,21). The van der Waals surface area contributed by atoms with Gasteiger partial charge >= 0.3 is 0 Å². The van der Waals surface area contributed by atoms with Crippen LogP contribution in [-0.4, -0.2) is 10.7 Å². The fourth-order valence-corrected chi connectivity index (χ4v) is 2.55. The highest BCUT2D eigenvalue weighted by Crippen LogP contribution is 2.23. The summed E-state index contributed by atoms with van der Waals surface area (Å²) in [5, 5.41) is 6.34. The normalized spacial score (nSPS) is 10.7. The number of anilines is 1. The summed E-state index contributed by atoms with van der Waals surface area (Å²) in [5.74, 6) is 0.784. The Kier molecular flexibility index (Phi) is 5.57. The minimum atomic E-state index is 0.735. The van der Waals surface area contributed by atoms with Gasteiger partial charge in [-0.15, -0.1) is 0 Å². The molecule has 0 aliphatic rings. The molecule has 0 aliphatic carbocycles. The molecule has 1 aromatic carbocycles. The molecule has 0 amide bonds. The molecule has 0 atom stereocenters. The molecule has 2 aromatic rings. The summed E-state index contributed by atoms with van der Waals surface area (Å²) in [6.45, 7) is 6.41. The summed E-state index contributed by atoms with van der Waals surface area (Å²) in [5.41, 5.74) is 6.39. The van der Waals surface area contributed by atoms with Crippen molar-refractivity contribution < 1.29 is 0 Å². The van der Waals surface area contributed by atoms with E-state index in [0.29, 0.717) is 0 Å². The van der Waals surface area contributed by atoms with Gasteiger partial charge in [0.05, 0.1) is 5.52 Å². The van der Waals surface area contributed by atoms with Crippen molar-refractivity contribution in [2.24, 2.45) is 5.10 Å². The number of fused-ring (bicyclic) bond motifs is 1. The number of benzene rings is 1. The summed E-state index contributed by atoms with van der Waals surface area (Å²) in [6.07, 6.45) is 4.29. The Hall–Kier alpha value is -1.61. The lowest BCUT2D eigenvalue weighted by Crippen LogP contribution is -2.03. The van der Waals surface area contributed by atoms with Gasteiger partial charge in [0.2, 0.25) is 0 Å². The van der Waals surface area contributed by atoms with Crippen molar-refractivity contribution in [1.82, 2.24) is 4.98 Å². The Balaban J connectivity index is 2.26. The van der Waals surface area contributed by atoms with Gasteiger partial charge in [0.1, 0.15) is 5.82 Å². The lowest BCUT2D eigenvalue weighted by molar-refractivity contribution is 0.908. The SMILES string of the molecule is CCCC(CCC)=NNc1cc(C)c2cc(Cl)ccc2n1. The highest BCUT2D eigenvalue weighted by molar-refractivity contribution is 6.31. The number of aryl methyl sites for hydroxylation is 1. The number of aromatic nitrogens is 1. The van der Waals surface area contributed by atoms with Crippen LogP contribution in [0.25, 0.3) is 10.9 Å². The fraction of sp³-hybridized carbons (Fsp3) is 0.412. The van der Waals surface area contributed by atoms with Crippen LogP contribution in [-0.2, 0) is 0 Å². The first-order chi connectivity index (χ1) is 10.1. The number of nitrogens with one attached hydrogen (secondary N) is 1. The molecule has 0 spiro atoms. The van der Waals surface area contributed by atoms with Crippen molar-refractivity contribution in [1.29, 1.82) is 0 Å². The maximum absolute atomic E-state index is 6.04. The van der Waals surface area contributed by atoms with Gasteiger partial charge in [-0.1, -0.05) is 38.3 Å². The fourth-order valence-electron chi connectivity index (χ4n) is 2.37. The molecular weight excluding hydrogens is 282 g/mol. The monoisotopic (exact) mass is 303 g/mol. The number of halogens is 1. The van der Waals surface area contributed by atoms with Gasteiger partial charge in [-0.25, -0.2) is 4.98 Å². The first-order valence-electron chi connectivity index (χ1n) is 7.52. The maximum atomic E-state index is 6.04. The Bertz CT molecular complexity index is 642. The van der Waals surface area contributed by atoms with Crippen molar-refractivity contribution in [2.75, 3.05) is 5.43 Å². The topological polar surface area (TPSA) is 37.3 Å². The lowest BCUT2D eigenvalue weighted by Gasteiger charge is -2.08. The zero-order chi connectivity index (χ0) is 15.2. The second-order valence-electron chi connectivity index (χ2n) is 5.28. The molecular formula is C17H22ClN3. The number of hydrogen-bond donors (Lipinski definition) is 1. The summed E-state index contributed by atoms with van der Waals surface area (Å²) < 4.78 is 0. The average molecular weight is 304 g/mol. The predicted octanol–water partition coefficient (Wildman–Crippen LogP) is 5.56. The summed E-state index contributed by atoms with van der Waals surface area (Å²) in [7, 11) is 0. The van der Waals surface area contributed by atoms with E-state index in [4.69, 9.17) is 11.6 Å². The molecule has 0 aliphatic heterocycles. The smallest absolute Gasteiger partial charge is 0.147 e. The first-order valence-corrected chi connectivity index (χ1v) is 7.90. The maximum Gasteiger partial charge on any atom is 0.147 e. The number of rotatable bonds is 6. The molecule has 0 saturated heterocycles. The largest absolute Gasteiger partial charge is 0.261 e. The van der Waals surface area contributed by atoms with E-state index in [2.05, 4.69) is 36.3 Å². The van der Waals surface area contributed by atoms with Crippen LogP contribution in [0.5, 0.6) is 0 Å². The van der Waals surface area contributed by atoms with Crippen LogP contribution in [0, 0.1) is 6.92 Å². The molecule has 0 fully saturated rings. The minimum Gasteiger partial charge on any atom is -0.261 e. The van der Waals surface area contributed by atoms with Gasteiger partial charge < -0.3 is 0 Å². The third kappa shape index (κ3) is 4.18. The molecule has 0 unspecified atom stereocenters. The van der Waals surface area contributed by atoms with Gasteiger partial charge in [-0.05, 0) is 49.6 Å². The lowest BCUT2D eigenvalue weighted by atomic mass is 10.1. The van der Waals surface area contributed by atoms with Crippen molar-refractivity contribution in [3.05, 3.63) is 34.9 Å². The van der Waals surface area contributed by atoms with E-state index in [1.807, 2.05) is 24.3 Å². The number of nitrogens with zero attached hydrogens (tertiary/aromatic N) is 2. The van der Waals surface area contributed by atoms with E-state index in [9.17, 15) is 0 Å². The van der Waals surface area contributed by atoms with Crippen LogP contribution in [0.1, 0.15) is 45.1 Å². The number of hydrazone groups is 1. The minimum absolute atomic E-state index is 0.735. The van der Waals surface area contributed by atoms with Gasteiger partial charge in [0, 0.05) is 16.1 Å². The van der Waals surface area contributed by atoms with Gasteiger partial charge in [-0.3, -0.25) is 5.43 Å².